The summed E-state index contributed by atoms with van der Waals surface area (Å²) in [5, 5.41) is 21.7. The standard InChI is InChI=1S/C51H82N6O4/c1-38(2)18-13-20-41(5)25-16-32-50(7,8)31-12-11-19-39(3)21-14-22-40(4)23-15-24-42(6)26-17-33-56(10)34-43-27-29-44(30-28-43)35-57-47-51(9,55-49(57)60)46(52)53-48(54-47)61-37-45(59)36-58/h18-19,22,24-25,27-30,45-46,58-59H,11-17,20-21,23,26,31-37,52H2,1-10H3,(H,55,60)/b39-19+,40-22+,41-25+,42-24+. The number of aliphatic hydroxyl groups excluding tert-OH is 2. The van der Waals surface area contributed by atoms with Crippen LogP contribution in [0.3, 0.4) is 0 Å². The van der Waals surface area contributed by atoms with Crippen LogP contribution in [0, 0.1) is 5.41 Å². The van der Waals surface area contributed by atoms with E-state index in [9.17, 15) is 9.90 Å². The quantitative estimate of drug-likeness (QED) is 0.0514. The van der Waals surface area contributed by atoms with Gasteiger partial charge in [0.1, 0.15) is 30.3 Å². The fraction of sp³-hybridized carbons (Fsp3) is 0.627. The van der Waals surface area contributed by atoms with Gasteiger partial charge in [-0.05, 0) is 162 Å². The molecule has 10 heteroatoms. The topological polar surface area (TPSA) is 136 Å². The highest BCUT2D eigenvalue weighted by atomic mass is 16.5. The van der Waals surface area contributed by atoms with Crippen molar-refractivity contribution < 1.29 is 19.7 Å². The molecular weight excluding hydrogens is 761 g/mol. The van der Waals surface area contributed by atoms with E-state index in [4.69, 9.17) is 15.6 Å². The van der Waals surface area contributed by atoms with Crippen LogP contribution >= 0.6 is 0 Å². The Hall–Kier alpha value is -3.83. The van der Waals surface area contributed by atoms with Gasteiger partial charge in [-0.1, -0.05) is 96.4 Å². The van der Waals surface area contributed by atoms with Crippen molar-refractivity contribution in [3.63, 3.8) is 0 Å². The predicted octanol–water partition coefficient (Wildman–Crippen LogP) is 10.7. The van der Waals surface area contributed by atoms with Crippen LogP contribution in [0.5, 0.6) is 0 Å². The van der Waals surface area contributed by atoms with Crippen LogP contribution in [-0.2, 0) is 17.8 Å². The lowest BCUT2D eigenvalue weighted by molar-refractivity contribution is 0.0485. The number of rotatable bonds is 27. The fourth-order valence-corrected chi connectivity index (χ4v) is 7.72. The average molecular weight is 843 g/mol. The van der Waals surface area contributed by atoms with Crippen LogP contribution in [0.25, 0.3) is 0 Å². The van der Waals surface area contributed by atoms with Gasteiger partial charge in [-0.2, -0.15) is 4.99 Å². The molecule has 3 atom stereocenters. The smallest absolute Gasteiger partial charge is 0.324 e. The molecule has 5 N–H and O–H groups in total. The lowest BCUT2D eigenvalue weighted by atomic mass is 9.82. The van der Waals surface area contributed by atoms with Gasteiger partial charge >= 0.3 is 12.1 Å². The number of amidine groups is 2. The van der Waals surface area contributed by atoms with Crippen molar-refractivity contribution in [2.45, 2.75) is 177 Å². The third kappa shape index (κ3) is 19.0. The molecule has 2 aliphatic rings. The summed E-state index contributed by atoms with van der Waals surface area (Å²) < 4.78 is 5.46. The molecular formula is C51H82N6O4. The van der Waals surface area contributed by atoms with Gasteiger partial charge in [0, 0.05) is 6.54 Å². The number of nitrogens with two attached hydrogens (primary N) is 1. The number of aliphatic hydroxyl groups is 2. The zero-order valence-electron chi connectivity index (χ0n) is 39.7. The molecule has 1 aromatic carbocycles. The minimum atomic E-state index is -1.07. The number of amides is 2. The summed E-state index contributed by atoms with van der Waals surface area (Å²) in [5.41, 5.74) is 15.3. The Balaban J connectivity index is 1.31. The lowest BCUT2D eigenvalue weighted by Gasteiger charge is -2.32. The van der Waals surface area contributed by atoms with Gasteiger partial charge in [0.05, 0.1) is 13.2 Å². The van der Waals surface area contributed by atoms with E-state index in [-0.39, 0.29) is 18.7 Å². The minimum absolute atomic E-state index is 0.0261. The van der Waals surface area contributed by atoms with Crippen molar-refractivity contribution in [1.29, 1.82) is 0 Å². The van der Waals surface area contributed by atoms with Gasteiger partial charge in [-0.25, -0.2) is 9.79 Å². The van der Waals surface area contributed by atoms with Gasteiger partial charge in [0.25, 0.3) is 0 Å². The lowest BCUT2D eigenvalue weighted by Crippen LogP contribution is -2.59. The fourth-order valence-electron chi connectivity index (χ4n) is 7.72. The Morgan fingerprint density at radius 2 is 1.43 bits per heavy atom. The molecule has 2 amide bonds. The number of carbonyl (C=O) groups excluding carboxylic acids is 1. The number of fused-ring (bicyclic) bond motifs is 1. The summed E-state index contributed by atoms with van der Waals surface area (Å²) in [6.45, 7) is 21.7. The molecule has 0 spiro atoms. The Morgan fingerprint density at radius 1 is 0.869 bits per heavy atom. The van der Waals surface area contributed by atoms with Crippen molar-refractivity contribution >= 4 is 17.9 Å². The number of hydrogen-bond donors (Lipinski definition) is 4. The average Bonchev–Trinajstić information content (AvgIpc) is 3.44. The summed E-state index contributed by atoms with van der Waals surface area (Å²) in [4.78, 5) is 25.6. The first kappa shape index (κ1) is 51.5. The molecule has 3 rings (SSSR count). The van der Waals surface area contributed by atoms with Gasteiger partial charge in [0.15, 0.2) is 0 Å². The predicted molar refractivity (Wildman–Crippen MR) is 255 cm³/mol. The number of nitrogens with zero attached hydrogens (tertiary/aromatic N) is 4. The second-order valence-corrected chi connectivity index (χ2v) is 19.0. The number of urea groups is 1. The molecule has 0 aromatic heterocycles. The Bertz CT molecular complexity index is 1750. The molecule has 340 valence electrons. The van der Waals surface area contributed by atoms with Crippen LogP contribution in [0.4, 0.5) is 4.79 Å². The van der Waals surface area contributed by atoms with E-state index in [1.54, 1.807) is 11.8 Å². The SMILES string of the molecule is CC(C)=CCC/C(C)=C/CCC(C)(C)CCC/C=C(\C)CC/C=C(\C)CC/C=C(\C)CCCN(C)Cc1ccc(CN2C(=O)NC3(C)C2=NC(OCC(O)CO)=NC3N)cc1. The molecule has 2 heterocycles. The van der Waals surface area contributed by atoms with E-state index < -0.39 is 24.4 Å². The first-order valence-electron chi connectivity index (χ1n) is 22.9. The molecule has 2 aliphatic heterocycles. The van der Waals surface area contributed by atoms with E-state index in [2.05, 4.69) is 125 Å². The van der Waals surface area contributed by atoms with Gasteiger partial charge in [0.2, 0.25) is 0 Å². The number of allylic oxidation sites excluding steroid dienone is 10. The monoisotopic (exact) mass is 843 g/mol. The maximum absolute atomic E-state index is 13.0. The maximum Gasteiger partial charge on any atom is 0.324 e. The summed E-state index contributed by atoms with van der Waals surface area (Å²) in [6, 6.07) is 7.96. The van der Waals surface area contributed by atoms with E-state index in [0.717, 1.165) is 63.6 Å². The van der Waals surface area contributed by atoms with Crippen LogP contribution in [-0.4, -0.2) is 82.5 Å². The molecule has 0 aliphatic carbocycles. The Morgan fingerprint density at radius 3 is 2.03 bits per heavy atom. The van der Waals surface area contributed by atoms with Crippen molar-refractivity contribution in [3.05, 3.63) is 93.6 Å². The van der Waals surface area contributed by atoms with Crippen molar-refractivity contribution in [1.82, 2.24) is 15.1 Å². The van der Waals surface area contributed by atoms with Crippen LogP contribution in [0.2, 0.25) is 0 Å². The largest absolute Gasteiger partial charge is 0.461 e. The Kier molecular flexibility index (Phi) is 21.9. The molecule has 0 radical (unpaired) electrons. The zero-order valence-corrected chi connectivity index (χ0v) is 39.7. The van der Waals surface area contributed by atoms with Gasteiger partial charge in [-0.15, -0.1) is 0 Å². The molecule has 1 aromatic rings. The molecule has 1 saturated heterocycles. The normalized spacial score (nSPS) is 19.5. The van der Waals surface area contributed by atoms with Crippen LogP contribution in [0.15, 0.2) is 92.5 Å². The summed E-state index contributed by atoms with van der Waals surface area (Å²) >= 11 is 0. The second kappa shape index (κ2) is 25.9. The minimum Gasteiger partial charge on any atom is -0.461 e. The molecule has 61 heavy (non-hydrogen) atoms. The number of unbranched alkanes of at least 4 members (excludes halogenated alkanes) is 1. The number of aliphatic imine (C=N–C) groups is 2. The Labute approximate surface area is 369 Å². The third-order valence-corrected chi connectivity index (χ3v) is 11.9. The number of nitrogens with one attached hydrogen (secondary N) is 1. The summed E-state index contributed by atoms with van der Waals surface area (Å²) in [6.07, 6.45) is 25.5. The van der Waals surface area contributed by atoms with E-state index in [1.807, 2.05) is 12.1 Å². The van der Waals surface area contributed by atoms with Crippen molar-refractivity contribution in [2.75, 3.05) is 26.8 Å². The van der Waals surface area contributed by atoms with Gasteiger partial charge < -0.3 is 30.9 Å². The van der Waals surface area contributed by atoms with E-state index in [1.165, 1.54) is 72.0 Å². The molecule has 1 fully saturated rings. The molecule has 0 bridgehead atoms. The second-order valence-electron chi connectivity index (χ2n) is 19.0. The molecule has 0 saturated carbocycles. The van der Waals surface area contributed by atoms with Crippen LogP contribution in [0.1, 0.15) is 157 Å². The zero-order chi connectivity index (χ0) is 45.0. The van der Waals surface area contributed by atoms with Crippen molar-refractivity contribution in [2.24, 2.45) is 21.1 Å². The number of benzene rings is 1. The van der Waals surface area contributed by atoms with Crippen molar-refractivity contribution in [3.8, 4) is 0 Å². The third-order valence-electron chi connectivity index (χ3n) is 11.9. The summed E-state index contributed by atoms with van der Waals surface area (Å²) in [7, 11) is 2.16. The molecule has 3 unspecified atom stereocenters. The van der Waals surface area contributed by atoms with Gasteiger partial charge in [-0.3, -0.25) is 4.90 Å². The van der Waals surface area contributed by atoms with E-state index >= 15 is 0 Å². The highest BCUT2D eigenvalue weighted by Crippen LogP contribution is 2.30. The number of ether oxygens (including phenoxy) is 1. The highest BCUT2D eigenvalue weighted by molar-refractivity contribution is 6.14. The van der Waals surface area contributed by atoms with Crippen LogP contribution < -0.4 is 11.1 Å². The van der Waals surface area contributed by atoms with E-state index in [0.29, 0.717) is 17.8 Å². The maximum atomic E-state index is 13.0. The summed E-state index contributed by atoms with van der Waals surface area (Å²) in [5.74, 6) is 0.416. The molecule has 10 nitrogen and oxygen atoms in total. The number of carbonyl (C=O) groups is 1. The highest BCUT2D eigenvalue weighted by Gasteiger charge is 2.52. The number of hydrogen-bond acceptors (Lipinski definition) is 8. The first-order chi connectivity index (χ1) is 28.9. The first-order valence-corrected chi connectivity index (χ1v) is 22.9.